The molecule has 6 nitrogen and oxygen atoms in total. The topological polar surface area (TPSA) is 101 Å². The summed E-state index contributed by atoms with van der Waals surface area (Å²) in [5.41, 5.74) is 4.98. The van der Waals surface area contributed by atoms with Gasteiger partial charge in [0.15, 0.2) is 9.84 Å². The van der Waals surface area contributed by atoms with E-state index in [1.165, 1.54) is 4.90 Å². The molecule has 7 heteroatoms. The maximum atomic E-state index is 12.6. The fourth-order valence-corrected chi connectivity index (χ4v) is 4.04. The van der Waals surface area contributed by atoms with E-state index in [2.05, 4.69) is 0 Å². The number of sulfone groups is 1. The third-order valence-electron chi connectivity index (χ3n) is 4.00. The summed E-state index contributed by atoms with van der Waals surface area (Å²) in [4.78, 5) is 14.1. The second-order valence-corrected chi connectivity index (χ2v) is 7.63. The molecule has 1 heterocycles. The lowest BCUT2D eigenvalue weighted by molar-refractivity contribution is -0.143. The second-order valence-electron chi connectivity index (χ2n) is 5.40. The second kappa shape index (κ2) is 6.19. The Morgan fingerprint density at radius 1 is 1.53 bits per heavy atom. The summed E-state index contributed by atoms with van der Waals surface area (Å²) in [5, 5.41) is 9.11. The summed E-state index contributed by atoms with van der Waals surface area (Å²) in [5.74, 6) is -0.0600. The van der Waals surface area contributed by atoms with Crippen molar-refractivity contribution in [3.63, 3.8) is 0 Å². The van der Waals surface area contributed by atoms with Gasteiger partial charge in [0.05, 0.1) is 23.5 Å². The van der Waals surface area contributed by atoms with Crippen LogP contribution in [0.25, 0.3) is 0 Å². The molecule has 0 aliphatic carbocycles. The third-order valence-corrected chi connectivity index (χ3v) is 5.75. The molecule has 0 aromatic carbocycles. The van der Waals surface area contributed by atoms with Crippen molar-refractivity contribution in [3.05, 3.63) is 0 Å². The molecule has 0 aromatic heterocycles. The summed E-state index contributed by atoms with van der Waals surface area (Å²) in [6.07, 6.45) is 1.03. The Labute approximate surface area is 114 Å². The molecule has 0 saturated carbocycles. The van der Waals surface area contributed by atoms with Crippen molar-refractivity contribution < 1.29 is 18.3 Å². The number of nitrogens with zero attached hydrogens (tertiary/aromatic N) is 1. The zero-order valence-electron chi connectivity index (χ0n) is 11.6. The zero-order chi connectivity index (χ0) is 14.7. The predicted molar refractivity (Wildman–Crippen MR) is 73.3 cm³/mol. The lowest BCUT2D eigenvalue weighted by Gasteiger charge is -2.36. The molecule has 1 aliphatic heterocycles. The van der Waals surface area contributed by atoms with E-state index in [-0.39, 0.29) is 43.2 Å². The van der Waals surface area contributed by atoms with E-state index in [4.69, 9.17) is 10.8 Å². The summed E-state index contributed by atoms with van der Waals surface area (Å²) in [7, 11) is -3.06. The maximum Gasteiger partial charge on any atom is 0.230 e. The Balaban J connectivity index is 2.92. The molecule has 0 bridgehead atoms. The lowest BCUT2D eigenvalue weighted by Crippen LogP contribution is -2.51. The normalized spacial score (nSPS) is 24.9. The van der Waals surface area contributed by atoms with Gasteiger partial charge < -0.3 is 15.7 Å². The molecule has 1 aliphatic rings. The quantitative estimate of drug-likeness (QED) is 0.679. The first-order valence-corrected chi connectivity index (χ1v) is 8.44. The molecule has 2 unspecified atom stereocenters. The monoisotopic (exact) mass is 292 g/mol. The molecule has 1 rings (SSSR count). The van der Waals surface area contributed by atoms with Crippen LogP contribution in [0.1, 0.15) is 26.7 Å². The number of carbonyl (C=O) groups excluding carboxylic acids is 1. The van der Waals surface area contributed by atoms with Crippen molar-refractivity contribution in [1.82, 2.24) is 4.90 Å². The molecule has 0 aromatic rings. The van der Waals surface area contributed by atoms with Gasteiger partial charge >= 0.3 is 0 Å². The van der Waals surface area contributed by atoms with Crippen LogP contribution in [0.5, 0.6) is 0 Å². The van der Waals surface area contributed by atoms with Crippen molar-refractivity contribution in [1.29, 1.82) is 0 Å². The number of aliphatic hydroxyl groups is 1. The zero-order valence-corrected chi connectivity index (χ0v) is 12.4. The average Bonchev–Trinajstić information content (AvgIpc) is 2.74. The highest BCUT2D eigenvalue weighted by Crippen LogP contribution is 2.27. The number of aliphatic hydroxyl groups excluding tert-OH is 1. The maximum absolute atomic E-state index is 12.6. The van der Waals surface area contributed by atoms with E-state index in [0.717, 1.165) is 0 Å². The van der Waals surface area contributed by atoms with Gasteiger partial charge in [0.2, 0.25) is 5.91 Å². The smallest absolute Gasteiger partial charge is 0.230 e. The number of rotatable bonds is 6. The van der Waals surface area contributed by atoms with E-state index in [9.17, 15) is 13.2 Å². The largest absolute Gasteiger partial charge is 0.395 e. The van der Waals surface area contributed by atoms with E-state index < -0.39 is 15.3 Å². The standard InChI is InChI=1S/C12H24N2O4S/c1-3-12(2,9-13)11(16)14(5-6-15)10-4-7-19(17,18)8-10/h10,15H,3-9,13H2,1-2H3. The molecule has 3 N–H and O–H groups in total. The molecule has 0 radical (unpaired) electrons. The van der Waals surface area contributed by atoms with Crippen molar-refractivity contribution >= 4 is 15.7 Å². The van der Waals surface area contributed by atoms with E-state index in [1.807, 2.05) is 6.92 Å². The highest BCUT2D eigenvalue weighted by molar-refractivity contribution is 7.91. The number of nitrogens with two attached hydrogens (primary N) is 1. The minimum Gasteiger partial charge on any atom is -0.395 e. The highest BCUT2D eigenvalue weighted by atomic mass is 32.2. The molecule has 112 valence electrons. The van der Waals surface area contributed by atoms with Crippen LogP contribution < -0.4 is 5.73 Å². The van der Waals surface area contributed by atoms with Gasteiger partial charge in [0, 0.05) is 19.1 Å². The van der Waals surface area contributed by atoms with Crippen LogP contribution >= 0.6 is 0 Å². The Bertz CT molecular complexity index is 417. The lowest BCUT2D eigenvalue weighted by atomic mass is 9.85. The molecule has 1 amide bonds. The van der Waals surface area contributed by atoms with Gasteiger partial charge in [-0.2, -0.15) is 0 Å². The SMILES string of the molecule is CCC(C)(CN)C(=O)N(CCO)C1CCS(=O)(=O)C1. The van der Waals surface area contributed by atoms with E-state index >= 15 is 0 Å². The van der Waals surface area contributed by atoms with Gasteiger partial charge in [0.25, 0.3) is 0 Å². The minimum atomic E-state index is -3.06. The van der Waals surface area contributed by atoms with Crippen molar-refractivity contribution in [3.8, 4) is 0 Å². The summed E-state index contributed by atoms with van der Waals surface area (Å²) in [6.45, 7) is 3.86. The van der Waals surface area contributed by atoms with Gasteiger partial charge in [-0.15, -0.1) is 0 Å². The van der Waals surface area contributed by atoms with Crippen molar-refractivity contribution in [2.45, 2.75) is 32.7 Å². The van der Waals surface area contributed by atoms with Gasteiger partial charge in [-0.1, -0.05) is 6.92 Å². The Hall–Kier alpha value is -0.660. The van der Waals surface area contributed by atoms with Crippen LogP contribution in [0, 0.1) is 5.41 Å². The fourth-order valence-electron chi connectivity index (χ4n) is 2.31. The first-order chi connectivity index (χ1) is 8.79. The van der Waals surface area contributed by atoms with Gasteiger partial charge in [0.1, 0.15) is 0 Å². The predicted octanol–water partition coefficient (Wildman–Crippen LogP) is -0.631. The molecular weight excluding hydrogens is 268 g/mol. The average molecular weight is 292 g/mol. The molecule has 1 fully saturated rings. The van der Waals surface area contributed by atoms with Crippen LogP contribution in [0.3, 0.4) is 0 Å². The Morgan fingerprint density at radius 2 is 2.16 bits per heavy atom. The summed E-state index contributed by atoms with van der Waals surface area (Å²) in [6, 6.07) is -0.331. The van der Waals surface area contributed by atoms with E-state index in [1.54, 1.807) is 6.92 Å². The highest BCUT2D eigenvalue weighted by Gasteiger charge is 2.40. The fraction of sp³-hybridized carbons (Fsp3) is 0.917. The van der Waals surface area contributed by atoms with Crippen LogP contribution in [0.2, 0.25) is 0 Å². The molecule has 0 spiro atoms. The summed E-state index contributed by atoms with van der Waals surface area (Å²) < 4.78 is 23.1. The minimum absolute atomic E-state index is 0.0108. The number of carbonyl (C=O) groups is 1. The third kappa shape index (κ3) is 3.67. The van der Waals surface area contributed by atoms with Crippen LogP contribution in [0.4, 0.5) is 0 Å². The molecular formula is C12H24N2O4S. The summed E-state index contributed by atoms with van der Waals surface area (Å²) >= 11 is 0. The molecule has 19 heavy (non-hydrogen) atoms. The molecule has 1 saturated heterocycles. The first-order valence-electron chi connectivity index (χ1n) is 6.62. The number of amides is 1. The Kier molecular flexibility index (Phi) is 5.34. The van der Waals surface area contributed by atoms with Crippen LogP contribution in [-0.2, 0) is 14.6 Å². The van der Waals surface area contributed by atoms with Gasteiger partial charge in [-0.3, -0.25) is 4.79 Å². The van der Waals surface area contributed by atoms with Gasteiger partial charge in [-0.05, 0) is 19.8 Å². The van der Waals surface area contributed by atoms with Crippen molar-refractivity contribution in [2.24, 2.45) is 11.1 Å². The molecule has 2 atom stereocenters. The first kappa shape index (κ1) is 16.4. The number of hydrogen-bond acceptors (Lipinski definition) is 5. The van der Waals surface area contributed by atoms with Crippen molar-refractivity contribution in [2.75, 3.05) is 31.2 Å². The number of hydrogen-bond donors (Lipinski definition) is 2. The van der Waals surface area contributed by atoms with Gasteiger partial charge in [-0.25, -0.2) is 8.42 Å². The Morgan fingerprint density at radius 3 is 2.53 bits per heavy atom. The van der Waals surface area contributed by atoms with Crippen LogP contribution in [0.15, 0.2) is 0 Å². The van der Waals surface area contributed by atoms with E-state index in [0.29, 0.717) is 12.8 Å². The van der Waals surface area contributed by atoms with Crippen LogP contribution in [-0.4, -0.2) is 61.6 Å².